The van der Waals surface area contributed by atoms with E-state index in [1.165, 1.54) is 24.1 Å². The molecule has 2 aromatic rings. The number of carbonyl (C=O) groups excluding carboxylic acids is 1. The number of ether oxygens (including phenoxy) is 1. The molecule has 2 heterocycles. The summed E-state index contributed by atoms with van der Waals surface area (Å²) in [6.07, 6.45) is 6.89. The summed E-state index contributed by atoms with van der Waals surface area (Å²) in [5.74, 6) is 0.0178. The van der Waals surface area contributed by atoms with Gasteiger partial charge in [0, 0.05) is 12.3 Å². The third-order valence-corrected chi connectivity index (χ3v) is 5.28. The molecule has 0 radical (unpaired) electrons. The van der Waals surface area contributed by atoms with E-state index in [-0.39, 0.29) is 18.1 Å². The summed E-state index contributed by atoms with van der Waals surface area (Å²) >= 11 is 0. The van der Waals surface area contributed by atoms with Gasteiger partial charge in [-0.1, -0.05) is 30.3 Å². The van der Waals surface area contributed by atoms with E-state index >= 15 is 0 Å². The number of H-pyrrole nitrogens is 1. The number of hydrogen-bond donors (Lipinski definition) is 2. The lowest BCUT2D eigenvalue weighted by Crippen LogP contribution is -2.37. The highest BCUT2D eigenvalue weighted by Gasteiger charge is 2.29. The van der Waals surface area contributed by atoms with E-state index in [4.69, 9.17) is 4.74 Å². The molecule has 1 aromatic heterocycles. The van der Waals surface area contributed by atoms with Crippen LogP contribution in [0.25, 0.3) is 0 Å². The molecule has 4 rings (SSSR count). The lowest BCUT2D eigenvalue weighted by atomic mass is 9.94. The normalized spacial score (nSPS) is 20.9. The van der Waals surface area contributed by atoms with E-state index in [1.807, 2.05) is 18.2 Å². The first-order valence-corrected chi connectivity index (χ1v) is 9.32. The zero-order chi connectivity index (χ0) is 17.1. The van der Waals surface area contributed by atoms with Crippen LogP contribution in [0.5, 0.6) is 0 Å². The van der Waals surface area contributed by atoms with Gasteiger partial charge in [-0.15, -0.1) is 0 Å². The smallest absolute Gasteiger partial charge is 0.226 e. The SMILES string of the molecule is O=C(Cc1n[nH]c2c1CCCC2)NC(c1ccccc1)C1CCCO1. The topological polar surface area (TPSA) is 67.0 Å². The van der Waals surface area contributed by atoms with E-state index in [0.29, 0.717) is 6.42 Å². The van der Waals surface area contributed by atoms with Crippen molar-refractivity contribution in [3.8, 4) is 0 Å². The predicted molar refractivity (Wildman–Crippen MR) is 95.2 cm³/mol. The van der Waals surface area contributed by atoms with Gasteiger partial charge in [0.05, 0.1) is 24.3 Å². The minimum atomic E-state index is -0.0917. The first-order valence-electron chi connectivity index (χ1n) is 9.32. The van der Waals surface area contributed by atoms with Crippen LogP contribution < -0.4 is 5.32 Å². The molecule has 1 aliphatic heterocycles. The minimum absolute atomic E-state index is 0.0178. The molecule has 2 unspecified atom stereocenters. The van der Waals surface area contributed by atoms with Crippen LogP contribution >= 0.6 is 0 Å². The number of amides is 1. The molecule has 1 amide bonds. The fourth-order valence-corrected chi connectivity index (χ4v) is 3.99. The number of benzene rings is 1. The molecule has 132 valence electrons. The van der Waals surface area contributed by atoms with Crippen molar-refractivity contribution in [1.29, 1.82) is 0 Å². The summed E-state index contributed by atoms with van der Waals surface area (Å²) in [5.41, 5.74) is 4.49. The first-order chi connectivity index (χ1) is 12.3. The molecule has 5 heteroatoms. The number of nitrogens with one attached hydrogen (secondary N) is 2. The van der Waals surface area contributed by atoms with Crippen molar-refractivity contribution < 1.29 is 9.53 Å². The van der Waals surface area contributed by atoms with Crippen LogP contribution in [0.1, 0.15) is 54.2 Å². The lowest BCUT2D eigenvalue weighted by Gasteiger charge is -2.24. The molecule has 2 atom stereocenters. The fraction of sp³-hybridized carbons (Fsp3) is 0.500. The Morgan fingerprint density at radius 2 is 2.08 bits per heavy atom. The standard InChI is InChI=1S/C20H25N3O2/c24-19(13-17-15-9-4-5-10-16(15)22-23-17)21-20(18-11-6-12-25-18)14-7-2-1-3-8-14/h1-3,7-8,18,20H,4-6,9-13H2,(H,21,24)(H,22,23). The van der Waals surface area contributed by atoms with Gasteiger partial charge >= 0.3 is 0 Å². The Kier molecular flexibility index (Phi) is 4.83. The van der Waals surface area contributed by atoms with Crippen molar-refractivity contribution in [2.75, 3.05) is 6.61 Å². The monoisotopic (exact) mass is 339 g/mol. The first kappa shape index (κ1) is 16.3. The zero-order valence-electron chi connectivity index (χ0n) is 14.5. The maximum atomic E-state index is 12.7. The van der Waals surface area contributed by atoms with Crippen LogP contribution in [0.15, 0.2) is 30.3 Å². The summed E-state index contributed by atoms with van der Waals surface area (Å²) in [6, 6.07) is 10.0. The molecule has 5 nitrogen and oxygen atoms in total. The van der Waals surface area contributed by atoms with Crippen molar-refractivity contribution >= 4 is 5.91 Å². The molecular weight excluding hydrogens is 314 g/mol. The molecule has 2 aliphatic rings. The molecule has 0 bridgehead atoms. The van der Waals surface area contributed by atoms with Gasteiger partial charge in [0.2, 0.25) is 5.91 Å². The van der Waals surface area contributed by atoms with E-state index in [2.05, 4.69) is 27.6 Å². The highest BCUT2D eigenvalue weighted by Crippen LogP contribution is 2.27. The molecule has 2 N–H and O–H groups in total. The minimum Gasteiger partial charge on any atom is -0.376 e. The summed E-state index contributed by atoms with van der Waals surface area (Å²) in [6.45, 7) is 0.775. The van der Waals surface area contributed by atoms with E-state index in [1.54, 1.807) is 0 Å². The zero-order valence-corrected chi connectivity index (χ0v) is 14.5. The van der Waals surface area contributed by atoms with Crippen molar-refractivity contribution in [2.24, 2.45) is 0 Å². The summed E-state index contributed by atoms with van der Waals surface area (Å²) in [5, 5.41) is 10.7. The molecule has 1 fully saturated rings. The lowest BCUT2D eigenvalue weighted by molar-refractivity contribution is -0.122. The van der Waals surface area contributed by atoms with Crippen molar-refractivity contribution in [1.82, 2.24) is 15.5 Å². The number of aromatic nitrogens is 2. The number of aryl methyl sites for hydroxylation is 1. The Balaban J connectivity index is 1.48. The van der Waals surface area contributed by atoms with Gasteiger partial charge in [-0.3, -0.25) is 9.89 Å². The van der Waals surface area contributed by atoms with Gasteiger partial charge in [-0.25, -0.2) is 0 Å². The van der Waals surface area contributed by atoms with Gasteiger partial charge in [0.1, 0.15) is 0 Å². The van der Waals surface area contributed by atoms with Crippen molar-refractivity contribution in [3.63, 3.8) is 0 Å². The molecular formula is C20H25N3O2. The van der Waals surface area contributed by atoms with E-state index < -0.39 is 0 Å². The number of aromatic amines is 1. The molecule has 1 aromatic carbocycles. The van der Waals surface area contributed by atoms with Gasteiger partial charge in [0.25, 0.3) is 0 Å². The summed E-state index contributed by atoms with van der Waals surface area (Å²) in [4.78, 5) is 12.7. The molecule has 25 heavy (non-hydrogen) atoms. The van der Waals surface area contributed by atoms with Gasteiger partial charge in [0.15, 0.2) is 0 Å². The largest absolute Gasteiger partial charge is 0.376 e. The number of hydrogen-bond acceptors (Lipinski definition) is 3. The third kappa shape index (κ3) is 3.61. The summed E-state index contributed by atoms with van der Waals surface area (Å²) < 4.78 is 5.86. The quantitative estimate of drug-likeness (QED) is 0.880. The fourth-order valence-electron chi connectivity index (χ4n) is 3.99. The second kappa shape index (κ2) is 7.40. The Labute approximate surface area is 148 Å². The number of carbonyl (C=O) groups is 1. The number of nitrogens with zero attached hydrogens (tertiary/aromatic N) is 1. The number of fused-ring (bicyclic) bond motifs is 1. The third-order valence-electron chi connectivity index (χ3n) is 5.28. The Bertz CT molecular complexity index is 720. The predicted octanol–water partition coefficient (Wildman–Crippen LogP) is 2.87. The second-order valence-corrected chi connectivity index (χ2v) is 7.02. The average molecular weight is 339 g/mol. The van der Waals surface area contributed by atoms with Crippen LogP contribution in [0.3, 0.4) is 0 Å². The highest BCUT2D eigenvalue weighted by atomic mass is 16.5. The van der Waals surface area contributed by atoms with Gasteiger partial charge < -0.3 is 10.1 Å². The maximum absolute atomic E-state index is 12.7. The van der Waals surface area contributed by atoms with Crippen LogP contribution in [0.4, 0.5) is 0 Å². The Morgan fingerprint density at radius 1 is 1.24 bits per heavy atom. The second-order valence-electron chi connectivity index (χ2n) is 7.02. The van der Waals surface area contributed by atoms with Gasteiger partial charge in [-0.2, -0.15) is 5.10 Å². The maximum Gasteiger partial charge on any atom is 0.226 e. The van der Waals surface area contributed by atoms with Crippen LogP contribution in [0.2, 0.25) is 0 Å². The number of rotatable bonds is 5. The van der Waals surface area contributed by atoms with Crippen molar-refractivity contribution in [3.05, 3.63) is 52.8 Å². The summed E-state index contributed by atoms with van der Waals surface area (Å²) in [7, 11) is 0. The van der Waals surface area contributed by atoms with Crippen LogP contribution in [-0.4, -0.2) is 28.8 Å². The molecule has 1 aliphatic carbocycles. The molecule has 0 spiro atoms. The van der Waals surface area contributed by atoms with E-state index in [9.17, 15) is 4.79 Å². The Hall–Kier alpha value is -2.14. The molecule has 0 saturated carbocycles. The van der Waals surface area contributed by atoms with Crippen LogP contribution in [0, 0.1) is 0 Å². The average Bonchev–Trinajstić information content (AvgIpc) is 3.31. The van der Waals surface area contributed by atoms with Crippen molar-refractivity contribution in [2.45, 2.75) is 57.1 Å². The van der Waals surface area contributed by atoms with Gasteiger partial charge in [-0.05, 0) is 49.7 Å². The molecule has 1 saturated heterocycles. The van der Waals surface area contributed by atoms with E-state index in [0.717, 1.165) is 43.5 Å². The van der Waals surface area contributed by atoms with Crippen LogP contribution in [-0.2, 0) is 28.8 Å². The Morgan fingerprint density at radius 3 is 2.88 bits per heavy atom. The highest BCUT2D eigenvalue weighted by molar-refractivity contribution is 5.79.